The Morgan fingerprint density at radius 3 is 2.82 bits per heavy atom. The Morgan fingerprint density at radius 1 is 1.18 bits per heavy atom. The Hall–Kier alpha value is -3.98. The Morgan fingerprint density at radius 2 is 2.03 bits per heavy atom. The summed E-state index contributed by atoms with van der Waals surface area (Å²) in [6.45, 7) is 4.98. The molecule has 9 nitrogen and oxygen atoms in total. The number of amides is 2. The van der Waals surface area contributed by atoms with E-state index >= 15 is 0 Å². The summed E-state index contributed by atoms with van der Waals surface area (Å²) in [6.07, 6.45) is 6.08. The molecule has 1 atom stereocenters. The minimum absolute atomic E-state index is 0.0789. The van der Waals surface area contributed by atoms with Crippen molar-refractivity contribution in [3.63, 3.8) is 0 Å². The molecule has 4 heterocycles. The lowest BCUT2D eigenvalue weighted by Crippen LogP contribution is -2.57. The van der Waals surface area contributed by atoms with E-state index in [0.717, 1.165) is 37.2 Å². The molecule has 2 aromatic heterocycles. The summed E-state index contributed by atoms with van der Waals surface area (Å²) in [4.78, 5) is 36.7. The number of carbonyl (C=O) groups excluding carboxylic acids is 2. The largest absolute Gasteiger partial charge is 0.355 e. The van der Waals surface area contributed by atoms with E-state index in [4.69, 9.17) is 0 Å². The number of hydrogen-bond donors (Lipinski definition) is 5. The lowest BCUT2D eigenvalue weighted by Gasteiger charge is -2.41. The van der Waals surface area contributed by atoms with E-state index in [-0.39, 0.29) is 17.4 Å². The second-order valence-corrected chi connectivity index (χ2v) is 8.25. The van der Waals surface area contributed by atoms with Gasteiger partial charge >= 0.3 is 0 Å². The van der Waals surface area contributed by atoms with Crippen molar-refractivity contribution in [3.8, 4) is 11.4 Å². The van der Waals surface area contributed by atoms with Gasteiger partial charge in [0.2, 0.25) is 11.9 Å². The summed E-state index contributed by atoms with van der Waals surface area (Å²) in [5.41, 5.74) is 3.96. The molecule has 33 heavy (non-hydrogen) atoms. The van der Waals surface area contributed by atoms with Gasteiger partial charge in [0, 0.05) is 12.7 Å². The number of piperidine rings is 1. The summed E-state index contributed by atoms with van der Waals surface area (Å²) in [6, 6.07) is 10.9. The van der Waals surface area contributed by atoms with Crippen LogP contribution in [0.4, 0.5) is 17.3 Å². The Kier molecular flexibility index (Phi) is 5.39. The number of anilines is 3. The fourth-order valence-corrected chi connectivity index (χ4v) is 4.47. The lowest BCUT2D eigenvalue weighted by atomic mass is 9.82. The van der Waals surface area contributed by atoms with Gasteiger partial charge in [0.1, 0.15) is 0 Å². The van der Waals surface area contributed by atoms with E-state index in [0.29, 0.717) is 35.1 Å². The third kappa shape index (κ3) is 3.98. The highest BCUT2D eigenvalue weighted by molar-refractivity contribution is 6.01. The average molecular weight is 444 g/mol. The van der Waals surface area contributed by atoms with Crippen LogP contribution in [0.25, 0.3) is 11.4 Å². The van der Waals surface area contributed by atoms with Crippen molar-refractivity contribution >= 4 is 29.1 Å². The van der Waals surface area contributed by atoms with E-state index in [1.54, 1.807) is 18.3 Å². The molecule has 1 unspecified atom stereocenters. The minimum atomic E-state index is -0.306. The highest BCUT2D eigenvalue weighted by Crippen LogP contribution is 2.36. The number of hydrogen-bond acceptors (Lipinski definition) is 6. The van der Waals surface area contributed by atoms with Crippen LogP contribution in [0.3, 0.4) is 0 Å². The molecule has 1 fully saturated rings. The SMILES string of the molecule is C=CC(=O)Nc1ccccc1Nc1nccc(-c2cc3c([nH]2)C2(CCCCN2)CNC3=O)n1. The van der Waals surface area contributed by atoms with Crippen LogP contribution in [0.2, 0.25) is 0 Å². The van der Waals surface area contributed by atoms with Gasteiger partial charge in [-0.15, -0.1) is 0 Å². The van der Waals surface area contributed by atoms with Crippen molar-refractivity contribution in [2.75, 3.05) is 23.7 Å². The lowest BCUT2D eigenvalue weighted by molar-refractivity contribution is -0.111. The molecule has 1 saturated heterocycles. The zero-order valence-corrected chi connectivity index (χ0v) is 18.1. The number of para-hydroxylation sites is 2. The molecule has 1 spiro atoms. The number of H-pyrrole nitrogens is 1. The van der Waals surface area contributed by atoms with Crippen LogP contribution >= 0.6 is 0 Å². The van der Waals surface area contributed by atoms with E-state index < -0.39 is 0 Å². The molecule has 5 N–H and O–H groups in total. The van der Waals surface area contributed by atoms with Crippen LogP contribution in [0, 0.1) is 0 Å². The van der Waals surface area contributed by atoms with Gasteiger partial charge in [-0.2, -0.15) is 0 Å². The molecule has 2 aliphatic heterocycles. The number of aromatic nitrogens is 3. The summed E-state index contributed by atoms with van der Waals surface area (Å²) in [5.74, 6) is -0.0143. The van der Waals surface area contributed by atoms with Crippen molar-refractivity contribution in [1.82, 2.24) is 25.6 Å². The van der Waals surface area contributed by atoms with E-state index in [2.05, 4.69) is 42.8 Å². The maximum Gasteiger partial charge on any atom is 0.253 e. The fourth-order valence-electron chi connectivity index (χ4n) is 4.47. The summed E-state index contributed by atoms with van der Waals surface area (Å²) in [5, 5.41) is 12.6. The molecule has 1 aromatic carbocycles. The first-order chi connectivity index (χ1) is 16.1. The zero-order chi connectivity index (χ0) is 22.8. The van der Waals surface area contributed by atoms with Crippen LogP contribution in [-0.2, 0) is 10.3 Å². The molecule has 0 aliphatic carbocycles. The number of fused-ring (bicyclic) bond motifs is 2. The van der Waals surface area contributed by atoms with Gasteiger partial charge in [-0.25, -0.2) is 9.97 Å². The molecule has 9 heteroatoms. The Bertz CT molecular complexity index is 1230. The first-order valence-corrected chi connectivity index (χ1v) is 11.0. The normalized spacial score (nSPS) is 19.5. The van der Waals surface area contributed by atoms with Crippen molar-refractivity contribution in [3.05, 3.63) is 66.5 Å². The zero-order valence-electron chi connectivity index (χ0n) is 18.1. The summed E-state index contributed by atoms with van der Waals surface area (Å²) < 4.78 is 0. The average Bonchev–Trinajstić information content (AvgIpc) is 3.31. The summed E-state index contributed by atoms with van der Waals surface area (Å²) in [7, 11) is 0. The second kappa shape index (κ2) is 8.51. The van der Waals surface area contributed by atoms with Gasteiger partial charge in [-0.1, -0.05) is 18.7 Å². The van der Waals surface area contributed by atoms with E-state index in [1.807, 2.05) is 24.3 Å². The third-order valence-electron chi connectivity index (χ3n) is 6.13. The van der Waals surface area contributed by atoms with Crippen LogP contribution in [0.5, 0.6) is 0 Å². The first kappa shape index (κ1) is 20.9. The second-order valence-electron chi connectivity index (χ2n) is 8.25. The molecular formula is C24H25N7O2. The van der Waals surface area contributed by atoms with Crippen LogP contribution in [0.1, 0.15) is 35.3 Å². The molecular weight excluding hydrogens is 418 g/mol. The van der Waals surface area contributed by atoms with E-state index in [1.165, 1.54) is 6.08 Å². The van der Waals surface area contributed by atoms with Crippen molar-refractivity contribution < 1.29 is 9.59 Å². The van der Waals surface area contributed by atoms with Gasteiger partial charge in [0.15, 0.2) is 0 Å². The number of nitrogens with zero attached hydrogens (tertiary/aromatic N) is 2. The molecule has 5 rings (SSSR count). The van der Waals surface area contributed by atoms with Crippen molar-refractivity contribution in [1.29, 1.82) is 0 Å². The van der Waals surface area contributed by atoms with Crippen molar-refractivity contribution in [2.45, 2.75) is 24.8 Å². The van der Waals surface area contributed by atoms with Crippen LogP contribution < -0.4 is 21.3 Å². The first-order valence-electron chi connectivity index (χ1n) is 11.0. The molecule has 0 saturated carbocycles. The summed E-state index contributed by atoms with van der Waals surface area (Å²) >= 11 is 0. The number of carbonyl (C=O) groups is 2. The van der Waals surface area contributed by atoms with Gasteiger partial charge in [-0.05, 0) is 56.1 Å². The number of rotatable bonds is 5. The molecule has 2 aliphatic rings. The molecule has 2 amide bonds. The maximum absolute atomic E-state index is 12.6. The van der Waals surface area contributed by atoms with Gasteiger partial charge in [-0.3, -0.25) is 9.59 Å². The monoisotopic (exact) mass is 443 g/mol. The fraction of sp³-hybridized carbons (Fsp3) is 0.250. The van der Waals surface area contributed by atoms with Crippen molar-refractivity contribution in [2.24, 2.45) is 0 Å². The van der Waals surface area contributed by atoms with Crippen LogP contribution in [0.15, 0.2) is 55.3 Å². The molecule has 168 valence electrons. The molecule has 0 bridgehead atoms. The van der Waals surface area contributed by atoms with Gasteiger partial charge < -0.3 is 26.3 Å². The highest BCUT2D eigenvalue weighted by atomic mass is 16.2. The number of aromatic amines is 1. The predicted molar refractivity (Wildman–Crippen MR) is 126 cm³/mol. The predicted octanol–water partition coefficient (Wildman–Crippen LogP) is 3.05. The number of benzene rings is 1. The minimum Gasteiger partial charge on any atom is -0.355 e. The number of nitrogens with one attached hydrogen (secondary N) is 5. The third-order valence-corrected chi connectivity index (χ3v) is 6.13. The van der Waals surface area contributed by atoms with Gasteiger partial charge in [0.05, 0.1) is 39.6 Å². The molecule has 3 aromatic rings. The Balaban J connectivity index is 1.46. The standard InChI is InChI=1S/C24H25N7O2/c1-2-20(32)28-16-7-3-4-8-17(16)30-23-25-12-9-18(31-23)19-13-15-21(29-19)24(14-26-22(15)33)10-5-6-11-27-24/h2-4,7-9,12-13,27,29H,1,5-6,10-11,14H2,(H,26,33)(H,28,32)(H,25,30,31). The highest BCUT2D eigenvalue weighted by Gasteiger charge is 2.42. The van der Waals surface area contributed by atoms with E-state index in [9.17, 15) is 9.59 Å². The topological polar surface area (TPSA) is 124 Å². The maximum atomic E-state index is 12.6. The van der Waals surface area contributed by atoms with Crippen LogP contribution in [-0.4, -0.2) is 39.9 Å². The quantitative estimate of drug-likeness (QED) is 0.386. The van der Waals surface area contributed by atoms with Gasteiger partial charge in [0.25, 0.3) is 5.91 Å². The molecule has 0 radical (unpaired) electrons. The smallest absolute Gasteiger partial charge is 0.253 e. The Labute approximate surface area is 191 Å².